The Labute approximate surface area is 125 Å². The van der Waals surface area contributed by atoms with E-state index in [9.17, 15) is 0 Å². The van der Waals surface area contributed by atoms with Gasteiger partial charge >= 0.3 is 0 Å². The molecule has 1 fully saturated rings. The van der Waals surface area contributed by atoms with Crippen molar-refractivity contribution in [1.29, 1.82) is 0 Å². The molecule has 5 nitrogen and oxygen atoms in total. The Balaban J connectivity index is 2.23. The van der Waals surface area contributed by atoms with Gasteiger partial charge in [-0.2, -0.15) is 5.10 Å². The van der Waals surface area contributed by atoms with Crippen LogP contribution < -0.4 is 4.90 Å². The molecule has 0 bridgehead atoms. The smallest absolute Gasteiger partial charge is 0.160 e. The summed E-state index contributed by atoms with van der Waals surface area (Å²) in [7, 11) is 0. The lowest BCUT2D eigenvalue weighted by molar-refractivity contribution is 0.122. The molecule has 0 aromatic carbocycles. The molecule has 1 aliphatic rings. The molecule has 5 heteroatoms. The molecule has 0 radical (unpaired) electrons. The van der Waals surface area contributed by atoms with Gasteiger partial charge in [0.2, 0.25) is 0 Å². The summed E-state index contributed by atoms with van der Waals surface area (Å²) >= 11 is 0. The van der Waals surface area contributed by atoms with Crippen molar-refractivity contribution in [3.63, 3.8) is 0 Å². The number of ether oxygens (including phenoxy) is 1. The molecule has 0 atom stereocenters. The maximum atomic E-state index is 5.50. The second-order valence-corrected chi connectivity index (χ2v) is 5.90. The van der Waals surface area contributed by atoms with E-state index in [4.69, 9.17) is 9.72 Å². The molecule has 0 amide bonds. The Kier molecular flexibility index (Phi) is 3.85. The van der Waals surface area contributed by atoms with Crippen molar-refractivity contribution in [3.8, 4) is 0 Å². The molecule has 0 N–H and O–H groups in total. The monoisotopic (exact) mass is 288 g/mol. The number of aryl methyl sites for hydroxylation is 1. The lowest BCUT2D eigenvalue weighted by Gasteiger charge is -2.31. The Hall–Kier alpha value is -1.62. The van der Waals surface area contributed by atoms with E-state index in [1.54, 1.807) is 0 Å². The molecule has 0 spiro atoms. The highest BCUT2D eigenvalue weighted by molar-refractivity contribution is 5.92. The highest BCUT2D eigenvalue weighted by Crippen LogP contribution is 2.33. The summed E-state index contributed by atoms with van der Waals surface area (Å²) in [4.78, 5) is 7.26. The van der Waals surface area contributed by atoms with Crippen molar-refractivity contribution in [2.45, 2.75) is 40.2 Å². The van der Waals surface area contributed by atoms with Crippen LogP contribution in [0.5, 0.6) is 0 Å². The Morgan fingerprint density at radius 2 is 2.00 bits per heavy atom. The Morgan fingerprint density at radius 1 is 1.29 bits per heavy atom. The standard InChI is InChI=1S/C16H24N4O/c1-5-13-12(4)18-16-14(10-17-20(16)11(2)3)15(13)19-6-8-21-9-7-19/h10-11H,5-9H2,1-4H3. The van der Waals surface area contributed by atoms with Gasteiger partial charge < -0.3 is 9.64 Å². The van der Waals surface area contributed by atoms with Crippen LogP contribution in [0.3, 0.4) is 0 Å². The zero-order valence-corrected chi connectivity index (χ0v) is 13.4. The summed E-state index contributed by atoms with van der Waals surface area (Å²) in [6, 6.07) is 0.319. The van der Waals surface area contributed by atoms with E-state index in [-0.39, 0.29) is 0 Å². The second kappa shape index (κ2) is 5.64. The fourth-order valence-electron chi connectivity index (χ4n) is 3.14. The lowest BCUT2D eigenvalue weighted by Crippen LogP contribution is -2.37. The van der Waals surface area contributed by atoms with Crippen LogP contribution in [0.15, 0.2) is 6.20 Å². The summed E-state index contributed by atoms with van der Waals surface area (Å²) in [5, 5.41) is 5.74. The number of hydrogen-bond donors (Lipinski definition) is 0. The normalized spacial score (nSPS) is 16.1. The van der Waals surface area contributed by atoms with E-state index >= 15 is 0 Å². The van der Waals surface area contributed by atoms with E-state index in [0.717, 1.165) is 44.1 Å². The largest absolute Gasteiger partial charge is 0.378 e. The van der Waals surface area contributed by atoms with Crippen molar-refractivity contribution in [2.75, 3.05) is 31.2 Å². The summed E-state index contributed by atoms with van der Waals surface area (Å²) in [6.45, 7) is 12.1. The van der Waals surface area contributed by atoms with Gasteiger partial charge in [-0.25, -0.2) is 9.67 Å². The predicted octanol–water partition coefficient (Wildman–Crippen LogP) is 2.72. The first-order valence-electron chi connectivity index (χ1n) is 7.82. The van der Waals surface area contributed by atoms with Crippen LogP contribution >= 0.6 is 0 Å². The molecule has 2 aromatic rings. The topological polar surface area (TPSA) is 43.2 Å². The first-order chi connectivity index (χ1) is 10.1. The van der Waals surface area contributed by atoms with Crippen molar-refractivity contribution in [3.05, 3.63) is 17.5 Å². The van der Waals surface area contributed by atoms with Crippen LogP contribution in [0, 0.1) is 6.92 Å². The zero-order chi connectivity index (χ0) is 15.0. The summed E-state index contributed by atoms with van der Waals surface area (Å²) in [6.07, 6.45) is 2.97. The molecule has 3 rings (SSSR count). The Bertz CT molecular complexity index is 641. The average Bonchev–Trinajstić information content (AvgIpc) is 2.90. The number of aromatic nitrogens is 3. The van der Waals surface area contributed by atoms with Crippen LogP contribution in [-0.2, 0) is 11.2 Å². The minimum atomic E-state index is 0.319. The van der Waals surface area contributed by atoms with Gasteiger partial charge in [0, 0.05) is 24.8 Å². The third-order valence-corrected chi connectivity index (χ3v) is 4.19. The lowest BCUT2D eigenvalue weighted by atomic mass is 10.1. The van der Waals surface area contributed by atoms with Crippen molar-refractivity contribution in [1.82, 2.24) is 14.8 Å². The van der Waals surface area contributed by atoms with Gasteiger partial charge in [0.1, 0.15) is 0 Å². The second-order valence-electron chi connectivity index (χ2n) is 5.90. The molecule has 0 saturated carbocycles. The molecule has 2 aromatic heterocycles. The van der Waals surface area contributed by atoms with Gasteiger partial charge in [-0.1, -0.05) is 6.92 Å². The van der Waals surface area contributed by atoms with Crippen LogP contribution in [0.4, 0.5) is 5.69 Å². The first-order valence-corrected chi connectivity index (χ1v) is 7.82. The van der Waals surface area contributed by atoms with Gasteiger partial charge in [-0.3, -0.25) is 0 Å². The molecule has 114 valence electrons. The van der Waals surface area contributed by atoms with Crippen LogP contribution in [0.2, 0.25) is 0 Å². The maximum Gasteiger partial charge on any atom is 0.160 e. The Morgan fingerprint density at radius 3 is 2.62 bits per heavy atom. The maximum absolute atomic E-state index is 5.50. The van der Waals surface area contributed by atoms with Gasteiger partial charge in [0.25, 0.3) is 0 Å². The average molecular weight is 288 g/mol. The zero-order valence-electron chi connectivity index (χ0n) is 13.4. The van der Waals surface area contributed by atoms with Gasteiger partial charge in [-0.05, 0) is 32.8 Å². The summed E-state index contributed by atoms with van der Waals surface area (Å²) in [5.74, 6) is 0. The molecular weight excluding hydrogens is 264 g/mol. The summed E-state index contributed by atoms with van der Waals surface area (Å²) in [5.41, 5.74) is 4.78. The highest BCUT2D eigenvalue weighted by atomic mass is 16.5. The third kappa shape index (κ3) is 2.39. The number of pyridine rings is 1. The van der Waals surface area contributed by atoms with E-state index in [2.05, 4.69) is 37.7 Å². The molecule has 21 heavy (non-hydrogen) atoms. The van der Waals surface area contributed by atoms with Crippen molar-refractivity contribution in [2.24, 2.45) is 0 Å². The first kappa shape index (κ1) is 14.3. The molecule has 0 unspecified atom stereocenters. The van der Waals surface area contributed by atoms with E-state index in [0.29, 0.717) is 6.04 Å². The van der Waals surface area contributed by atoms with Crippen molar-refractivity contribution < 1.29 is 4.74 Å². The summed E-state index contributed by atoms with van der Waals surface area (Å²) < 4.78 is 7.52. The predicted molar refractivity (Wildman–Crippen MR) is 85.1 cm³/mol. The van der Waals surface area contributed by atoms with Gasteiger partial charge in [0.05, 0.1) is 30.5 Å². The number of rotatable bonds is 3. The van der Waals surface area contributed by atoms with Gasteiger partial charge in [0.15, 0.2) is 5.65 Å². The number of nitrogens with zero attached hydrogens (tertiary/aromatic N) is 4. The van der Waals surface area contributed by atoms with Crippen LogP contribution in [-0.4, -0.2) is 41.1 Å². The van der Waals surface area contributed by atoms with E-state index in [1.165, 1.54) is 16.6 Å². The minimum absolute atomic E-state index is 0.319. The SMILES string of the molecule is CCc1c(C)nc2c(cnn2C(C)C)c1N1CCOCC1. The molecule has 1 saturated heterocycles. The van der Waals surface area contributed by atoms with E-state index in [1.807, 2.05) is 10.9 Å². The molecule has 0 aliphatic carbocycles. The van der Waals surface area contributed by atoms with E-state index < -0.39 is 0 Å². The number of morpholine rings is 1. The molecule has 1 aliphatic heterocycles. The number of anilines is 1. The van der Waals surface area contributed by atoms with Crippen LogP contribution in [0.1, 0.15) is 38.1 Å². The third-order valence-electron chi connectivity index (χ3n) is 4.19. The van der Waals surface area contributed by atoms with Gasteiger partial charge in [-0.15, -0.1) is 0 Å². The minimum Gasteiger partial charge on any atom is -0.378 e. The quantitative estimate of drug-likeness (QED) is 0.871. The fourth-order valence-corrected chi connectivity index (χ4v) is 3.14. The number of hydrogen-bond acceptors (Lipinski definition) is 4. The molecule has 3 heterocycles. The van der Waals surface area contributed by atoms with Crippen LogP contribution in [0.25, 0.3) is 11.0 Å². The fraction of sp³-hybridized carbons (Fsp3) is 0.625. The number of fused-ring (bicyclic) bond motifs is 1. The van der Waals surface area contributed by atoms with Crippen molar-refractivity contribution >= 4 is 16.7 Å². The highest BCUT2D eigenvalue weighted by Gasteiger charge is 2.22. The molecular formula is C16H24N4O.